The minimum absolute atomic E-state index is 0.0118. The highest BCUT2D eigenvalue weighted by Gasteiger charge is 2.32. The number of nitro groups is 1. The van der Waals surface area contributed by atoms with Crippen molar-refractivity contribution < 1.29 is 14.5 Å². The van der Waals surface area contributed by atoms with Crippen LogP contribution in [0.1, 0.15) is 5.56 Å². The average molecular weight is 381 g/mol. The quantitative estimate of drug-likeness (QED) is 0.488. The third-order valence-electron chi connectivity index (χ3n) is 4.65. The third kappa shape index (κ3) is 3.43. The van der Waals surface area contributed by atoms with E-state index in [-0.39, 0.29) is 28.7 Å². The fourth-order valence-corrected chi connectivity index (χ4v) is 4.05. The van der Waals surface area contributed by atoms with Crippen LogP contribution in [0.25, 0.3) is 0 Å². The molecule has 1 aromatic rings. The number of amides is 2. The molecule has 0 bridgehead atoms. The van der Waals surface area contributed by atoms with Gasteiger partial charge < -0.3 is 4.90 Å². The normalized spacial score (nSPS) is 25.0. The number of benzene rings is 1. The van der Waals surface area contributed by atoms with E-state index in [0.29, 0.717) is 11.4 Å². The van der Waals surface area contributed by atoms with Gasteiger partial charge in [0.05, 0.1) is 9.83 Å². The summed E-state index contributed by atoms with van der Waals surface area (Å²) in [6, 6.07) is 6.51. The Morgan fingerprint density at radius 1 is 1.22 bits per heavy atom. The predicted molar refractivity (Wildman–Crippen MR) is 101 cm³/mol. The van der Waals surface area contributed by atoms with Gasteiger partial charge in [0, 0.05) is 42.4 Å². The van der Waals surface area contributed by atoms with E-state index in [0.717, 1.165) is 23.0 Å². The van der Waals surface area contributed by atoms with Gasteiger partial charge in [-0.3, -0.25) is 25.0 Å². The number of fused-ring (bicyclic) bond motifs is 1. The number of nitro benzene ring substituents is 1. The van der Waals surface area contributed by atoms with Crippen molar-refractivity contribution in [3.63, 3.8) is 0 Å². The van der Waals surface area contributed by atoms with Gasteiger partial charge in [-0.05, 0) is 23.4 Å². The lowest BCUT2D eigenvalue weighted by Gasteiger charge is -2.27. The number of hydrogen-bond acceptors (Lipinski definition) is 6. The summed E-state index contributed by atoms with van der Waals surface area (Å²) < 4.78 is 0. The van der Waals surface area contributed by atoms with Gasteiger partial charge in [0.25, 0.3) is 16.8 Å². The molecule has 1 saturated heterocycles. The molecule has 1 N–H and O–H groups in total. The average Bonchev–Trinajstić information content (AvgIpc) is 3.19. The van der Waals surface area contributed by atoms with Gasteiger partial charge in [-0.25, -0.2) is 0 Å². The van der Waals surface area contributed by atoms with Crippen molar-refractivity contribution in [2.45, 2.75) is 6.54 Å². The highest BCUT2D eigenvalue weighted by Crippen LogP contribution is 2.38. The Labute approximate surface area is 159 Å². The number of imide groups is 1. The van der Waals surface area contributed by atoms with Crippen LogP contribution >= 0.6 is 11.8 Å². The molecule has 8 heteroatoms. The molecule has 0 radical (unpaired) electrons. The van der Waals surface area contributed by atoms with Crippen molar-refractivity contribution in [2.24, 2.45) is 11.8 Å². The first-order valence-corrected chi connectivity index (χ1v) is 9.14. The molecule has 136 valence electrons. The molecule has 0 saturated carbocycles. The Kier molecular flexibility index (Phi) is 4.41. The smallest absolute Gasteiger partial charge is 0.290 e. The maximum absolute atomic E-state index is 11.8. The summed E-state index contributed by atoms with van der Waals surface area (Å²) in [4.78, 5) is 36.0. The molecule has 7 nitrogen and oxygen atoms in total. The van der Waals surface area contributed by atoms with Gasteiger partial charge >= 0.3 is 0 Å². The van der Waals surface area contributed by atoms with Gasteiger partial charge in [0.2, 0.25) is 0 Å². The first-order chi connectivity index (χ1) is 13.0. The predicted octanol–water partition coefficient (Wildman–Crippen LogP) is 3.48. The lowest BCUT2D eigenvalue weighted by molar-refractivity contribution is -0.384. The van der Waals surface area contributed by atoms with E-state index in [1.807, 2.05) is 30.5 Å². The van der Waals surface area contributed by atoms with Crippen LogP contribution in [-0.4, -0.2) is 21.0 Å². The maximum Gasteiger partial charge on any atom is 0.290 e. The Morgan fingerprint density at radius 2 is 2.00 bits per heavy atom. The van der Waals surface area contributed by atoms with E-state index in [9.17, 15) is 19.7 Å². The molecule has 1 aromatic carbocycles. The van der Waals surface area contributed by atoms with Crippen LogP contribution in [0.5, 0.6) is 0 Å². The van der Waals surface area contributed by atoms with Crippen molar-refractivity contribution >= 4 is 28.6 Å². The number of non-ortho nitro benzene ring substituents is 1. The second kappa shape index (κ2) is 6.88. The second-order valence-corrected chi connectivity index (χ2v) is 7.36. The Morgan fingerprint density at radius 3 is 2.67 bits per heavy atom. The van der Waals surface area contributed by atoms with Crippen molar-refractivity contribution in [2.75, 3.05) is 0 Å². The third-order valence-corrected chi connectivity index (χ3v) is 5.48. The van der Waals surface area contributed by atoms with Crippen molar-refractivity contribution in [1.82, 2.24) is 10.2 Å². The highest BCUT2D eigenvalue weighted by molar-refractivity contribution is 8.18. The van der Waals surface area contributed by atoms with Gasteiger partial charge in [-0.15, -0.1) is 0 Å². The standard InChI is InChI=1S/C19H15N3O4S/c23-18-17(27-19(24)20-18)10-13-2-1-3-16-15(13)8-9-21(16)11-12-4-6-14(7-5-12)22(25)26/h1-10,13,15H,11H2,(H,20,23,24)/b17-10-. The number of rotatable bonds is 4. The fourth-order valence-electron chi connectivity index (χ4n) is 3.34. The summed E-state index contributed by atoms with van der Waals surface area (Å²) in [5, 5.41) is 12.7. The van der Waals surface area contributed by atoms with Crippen molar-refractivity contribution in [3.05, 3.63) is 87.1 Å². The Bertz CT molecular complexity index is 946. The van der Waals surface area contributed by atoms with Crippen LogP contribution in [-0.2, 0) is 11.3 Å². The molecule has 2 heterocycles. The van der Waals surface area contributed by atoms with E-state index in [2.05, 4.69) is 16.3 Å². The summed E-state index contributed by atoms with van der Waals surface area (Å²) in [6.45, 7) is 0.599. The summed E-state index contributed by atoms with van der Waals surface area (Å²) in [5.41, 5.74) is 2.13. The van der Waals surface area contributed by atoms with E-state index in [1.54, 1.807) is 12.1 Å². The number of allylic oxidation sites excluding steroid dienone is 5. The van der Waals surface area contributed by atoms with Crippen molar-refractivity contribution in [1.29, 1.82) is 0 Å². The van der Waals surface area contributed by atoms with Gasteiger partial charge in [-0.2, -0.15) is 0 Å². The molecule has 27 heavy (non-hydrogen) atoms. The minimum Gasteiger partial charge on any atom is -0.347 e. The molecule has 4 rings (SSSR count). The fraction of sp³-hybridized carbons (Fsp3) is 0.158. The molecule has 0 spiro atoms. The molecule has 2 amide bonds. The summed E-state index contributed by atoms with van der Waals surface area (Å²) in [6.07, 6.45) is 11.9. The van der Waals surface area contributed by atoms with E-state index in [1.165, 1.54) is 12.1 Å². The van der Waals surface area contributed by atoms with Crippen LogP contribution in [0, 0.1) is 22.0 Å². The zero-order chi connectivity index (χ0) is 19.0. The molecule has 3 aliphatic rings. The zero-order valence-electron chi connectivity index (χ0n) is 14.1. The lowest BCUT2D eigenvalue weighted by atomic mass is 9.86. The van der Waals surface area contributed by atoms with Crippen LogP contribution in [0.3, 0.4) is 0 Å². The largest absolute Gasteiger partial charge is 0.347 e. The SMILES string of the molecule is O=C1NC(=O)/C(=C/C2C=CC=C3C2C=CN3Cc2ccc([N+](=O)[O-])cc2)S1. The Hall–Kier alpha value is -3.13. The summed E-state index contributed by atoms with van der Waals surface area (Å²) >= 11 is 0.924. The highest BCUT2D eigenvalue weighted by atomic mass is 32.2. The molecule has 2 aliphatic heterocycles. The number of nitrogens with one attached hydrogen (secondary N) is 1. The molecule has 2 unspecified atom stereocenters. The van der Waals surface area contributed by atoms with Crippen LogP contribution in [0.15, 0.2) is 71.4 Å². The number of nitrogens with zero attached hydrogens (tertiary/aromatic N) is 2. The molecular weight excluding hydrogens is 366 g/mol. The number of hydrogen-bond donors (Lipinski definition) is 1. The van der Waals surface area contributed by atoms with Crippen LogP contribution in [0.2, 0.25) is 0 Å². The molecule has 1 fully saturated rings. The summed E-state index contributed by atoms with van der Waals surface area (Å²) in [7, 11) is 0. The molecule has 0 aromatic heterocycles. The van der Waals surface area contributed by atoms with E-state index in [4.69, 9.17) is 0 Å². The minimum atomic E-state index is -0.413. The monoisotopic (exact) mass is 381 g/mol. The van der Waals surface area contributed by atoms with Crippen LogP contribution < -0.4 is 5.32 Å². The number of thioether (sulfide) groups is 1. The first kappa shape index (κ1) is 17.3. The molecule has 2 atom stereocenters. The van der Waals surface area contributed by atoms with Gasteiger partial charge in [-0.1, -0.05) is 36.4 Å². The lowest BCUT2D eigenvalue weighted by Crippen LogP contribution is -2.22. The van der Waals surface area contributed by atoms with Crippen LogP contribution in [0.4, 0.5) is 10.5 Å². The molecular formula is C19H15N3O4S. The maximum atomic E-state index is 11.8. The second-order valence-electron chi connectivity index (χ2n) is 6.35. The Balaban J connectivity index is 1.49. The number of carbonyl (C=O) groups excluding carboxylic acids is 2. The van der Waals surface area contributed by atoms with E-state index < -0.39 is 4.92 Å². The topological polar surface area (TPSA) is 92.6 Å². The van der Waals surface area contributed by atoms with Gasteiger partial charge in [0.15, 0.2) is 0 Å². The van der Waals surface area contributed by atoms with Crippen molar-refractivity contribution in [3.8, 4) is 0 Å². The van der Waals surface area contributed by atoms with Gasteiger partial charge in [0.1, 0.15) is 0 Å². The first-order valence-electron chi connectivity index (χ1n) is 8.33. The number of carbonyl (C=O) groups is 2. The van der Waals surface area contributed by atoms with E-state index >= 15 is 0 Å². The molecule has 1 aliphatic carbocycles. The zero-order valence-corrected chi connectivity index (χ0v) is 14.9. The summed E-state index contributed by atoms with van der Waals surface area (Å²) in [5.74, 6) is -0.272.